The number of hydrogen-bond donors (Lipinski definition) is 0. The first kappa shape index (κ1) is 13.7. The van der Waals surface area contributed by atoms with Gasteiger partial charge in [-0.2, -0.15) is 0 Å². The molecule has 4 nitrogen and oxygen atoms in total. The number of ether oxygens (including phenoxy) is 1. The van der Waals surface area contributed by atoms with Crippen LogP contribution in [0.2, 0.25) is 0 Å². The number of rotatable bonds is 4. The molecule has 0 unspecified atom stereocenters. The van der Waals surface area contributed by atoms with Gasteiger partial charge in [-0.15, -0.1) is 5.10 Å². The lowest BCUT2D eigenvalue weighted by atomic mass is 10.0. The summed E-state index contributed by atoms with van der Waals surface area (Å²) in [7, 11) is 1.57. The summed E-state index contributed by atoms with van der Waals surface area (Å²) < 4.78 is 9.16. The Balaban J connectivity index is 2.49. The van der Waals surface area contributed by atoms with E-state index in [1.54, 1.807) is 7.11 Å². The van der Waals surface area contributed by atoms with Crippen molar-refractivity contribution in [2.75, 3.05) is 7.11 Å². The molecule has 0 aliphatic heterocycles. The summed E-state index contributed by atoms with van der Waals surface area (Å²) in [6, 6.07) is 5.57. The molecule has 0 atom stereocenters. The van der Waals surface area contributed by atoms with Crippen LogP contribution in [0.1, 0.15) is 46.3 Å². The molecule has 0 spiro atoms. The minimum atomic E-state index is -0.0701. The minimum Gasteiger partial charge on any atom is -0.496 e. The zero-order valence-electron chi connectivity index (χ0n) is 11.4. The third kappa shape index (κ3) is 2.66. The predicted octanol–water partition coefficient (Wildman–Crippen LogP) is 3.21. The monoisotopic (exact) mass is 276 g/mol. The van der Waals surface area contributed by atoms with Crippen molar-refractivity contribution in [3.05, 3.63) is 39.9 Å². The summed E-state index contributed by atoms with van der Waals surface area (Å²) in [6.07, 6.45) is 0. The van der Waals surface area contributed by atoms with Crippen molar-refractivity contribution in [1.82, 2.24) is 9.59 Å². The van der Waals surface area contributed by atoms with Crippen LogP contribution in [0.25, 0.3) is 0 Å². The molecule has 0 saturated heterocycles. The molecule has 0 amide bonds. The predicted molar refractivity (Wildman–Crippen MR) is 75.2 cm³/mol. The highest BCUT2D eigenvalue weighted by atomic mass is 32.1. The number of aromatic nitrogens is 2. The van der Waals surface area contributed by atoms with E-state index in [9.17, 15) is 4.79 Å². The van der Waals surface area contributed by atoms with Crippen molar-refractivity contribution >= 4 is 17.3 Å². The normalized spacial score (nSPS) is 10.8. The Hall–Kier alpha value is -1.75. The molecular formula is C14H16N2O2S. The second-order valence-electron chi connectivity index (χ2n) is 4.67. The summed E-state index contributed by atoms with van der Waals surface area (Å²) in [4.78, 5) is 13.2. The number of aryl methyl sites for hydroxylation is 1. The maximum absolute atomic E-state index is 12.6. The molecule has 0 radical (unpaired) electrons. The number of nitrogens with zero attached hydrogens (tertiary/aromatic N) is 2. The lowest BCUT2D eigenvalue weighted by Gasteiger charge is -2.09. The number of methoxy groups -OCH3 is 1. The lowest BCUT2D eigenvalue weighted by molar-refractivity contribution is 0.103. The fourth-order valence-corrected chi connectivity index (χ4v) is 2.63. The van der Waals surface area contributed by atoms with E-state index in [0.717, 1.165) is 22.8 Å². The van der Waals surface area contributed by atoms with Crippen LogP contribution in [0.15, 0.2) is 18.2 Å². The number of benzene rings is 1. The zero-order valence-corrected chi connectivity index (χ0v) is 12.2. The van der Waals surface area contributed by atoms with E-state index in [0.29, 0.717) is 16.2 Å². The number of carbonyl (C=O) groups excluding carboxylic acids is 1. The van der Waals surface area contributed by atoms with Crippen molar-refractivity contribution in [3.8, 4) is 5.75 Å². The Morgan fingerprint density at radius 1 is 1.37 bits per heavy atom. The average molecular weight is 276 g/mol. The second-order valence-corrected chi connectivity index (χ2v) is 5.43. The van der Waals surface area contributed by atoms with Crippen LogP contribution in [0.4, 0.5) is 0 Å². The smallest absolute Gasteiger partial charge is 0.210 e. The van der Waals surface area contributed by atoms with Gasteiger partial charge in [0.05, 0.1) is 18.4 Å². The van der Waals surface area contributed by atoms with Gasteiger partial charge in [0, 0.05) is 0 Å². The molecule has 1 heterocycles. The third-order valence-corrected chi connectivity index (χ3v) is 3.61. The standard InChI is InChI=1S/C14H16N2O2S/c1-8(2)12-14(19-16-15-12)13(17)10-7-9(3)5-6-11(10)18-4/h5-8H,1-4H3. The van der Waals surface area contributed by atoms with Gasteiger partial charge in [0.25, 0.3) is 0 Å². The number of hydrogen-bond acceptors (Lipinski definition) is 5. The molecule has 2 aromatic rings. The summed E-state index contributed by atoms with van der Waals surface area (Å²) in [5.74, 6) is 0.687. The van der Waals surface area contributed by atoms with E-state index < -0.39 is 0 Å². The minimum absolute atomic E-state index is 0.0701. The molecule has 0 aliphatic carbocycles. The SMILES string of the molecule is COc1ccc(C)cc1C(=O)c1snnc1C(C)C. The van der Waals surface area contributed by atoms with Crippen molar-refractivity contribution in [2.24, 2.45) is 0 Å². The summed E-state index contributed by atoms with van der Waals surface area (Å²) >= 11 is 1.14. The molecule has 2 rings (SSSR count). The average Bonchev–Trinajstić information content (AvgIpc) is 2.87. The van der Waals surface area contributed by atoms with Crippen LogP contribution in [0.3, 0.4) is 0 Å². The van der Waals surface area contributed by atoms with Crippen LogP contribution >= 0.6 is 11.5 Å². The molecule has 1 aromatic heterocycles. The molecule has 100 valence electrons. The molecule has 0 aliphatic rings. The van der Waals surface area contributed by atoms with Crippen LogP contribution in [0, 0.1) is 6.92 Å². The van der Waals surface area contributed by atoms with Crippen molar-refractivity contribution in [1.29, 1.82) is 0 Å². The first-order valence-corrected chi connectivity index (χ1v) is 6.83. The Morgan fingerprint density at radius 2 is 2.11 bits per heavy atom. The Labute approximate surface area is 116 Å². The van der Waals surface area contributed by atoms with E-state index in [-0.39, 0.29) is 11.7 Å². The molecule has 1 aromatic carbocycles. The molecule has 19 heavy (non-hydrogen) atoms. The lowest BCUT2D eigenvalue weighted by Crippen LogP contribution is -2.06. The zero-order chi connectivity index (χ0) is 14.0. The quantitative estimate of drug-likeness (QED) is 0.805. The summed E-state index contributed by atoms with van der Waals surface area (Å²) in [5, 5.41) is 4.05. The molecule has 0 N–H and O–H groups in total. The van der Waals surface area contributed by atoms with Crippen molar-refractivity contribution in [3.63, 3.8) is 0 Å². The molecule has 0 fully saturated rings. The van der Waals surface area contributed by atoms with Crippen LogP contribution in [-0.4, -0.2) is 22.5 Å². The van der Waals surface area contributed by atoms with E-state index >= 15 is 0 Å². The fraction of sp³-hybridized carbons (Fsp3) is 0.357. The maximum atomic E-state index is 12.6. The fourth-order valence-electron chi connectivity index (χ4n) is 1.85. The molecule has 5 heteroatoms. The molecular weight excluding hydrogens is 260 g/mol. The van der Waals surface area contributed by atoms with E-state index in [2.05, 4.69) is 9.59 Å². The van der Waals surface area contributed by atoms with Gasteiger partial charge in [-0.1, -0.05) is 30.0 Å². The molecule has 0 saturated carbocycles. The molecule has 0 bridgehead atoms. The second kappa shape index (κ2) is 5.48. The van der Waals surface area contributed by atoms with Gasteiger partial charge in [0.2, 0.25) is 5.78 Å². The summed E-state index contributed by atoms with van der Waals surface area (Å²) in [6.45, 7) is 5.95. The largest absolute Gasteiger partial charge is 0.496 e. The highest BCUT2D eigenvalue weighted by Crippen LogP contribution is 2.27. The first-order chi connectivity index (χ1) is 9.04. The van der Waals surface area contributed by atoms with E-state index in [1.165, 1.54) is 0 Å². The number of carbonyl (C=O) groups is 1. The van der Waals surface area contributed by atoms with Crippen molar-refractivity contribution in [2.45, 2.75) is 26.7 Å². The highest BCUT2D eigenvalue weighted by molar-refractivity contribution is 7.08. The van der Waals surface area contributed by atoms with Gasteiger partial charge in [-0.05, 0) is 36.5 Å². The highest BCUT2D eigenvalue weighted by Gasteiger charge is 2.22. The van der Waals surface area contributed by atoms with Gasteiger partial charge in [0.1, 0.15) is 10.6 Å². The Morgan fingerprint density at radius 3 is 2.74 bits per heavy atom. The Bertz CT molecular complexity index is 605. The van der Waals surface area contributed by atoms with Crippen LogP contribution in [0.5, 0.6) is 5.75 Å². The van der Waals surface area contributed by atoms with E-state index in [4.69, 9.17) is 4.74 Å². The summed E-state index contributed by atoms with van der Waals surface area (Å²) in [5.41, 5.74) is 2.33. The van der Waals surface area contributed by atoms with Gasteiger partial charge in [0.15, 0.2) is 0 Å². The van der Waals surface area contributed by atoms with Gasteiger partial charge in [-0.25, -0.2) is 0 Å². The number of ketones is 1. The first-order valence-electron chi connectivity index (χ1n) is 6.06. The van der Waals surface area contributed by atoms with Gasteiger partial charge < -0.3 is 4.74 Å². The van der Waals surface area contributed by atoms with E-state index in [1.807, 2.05) is 39.0 Å². The van der Waals surface area contributed by atoms with Crippen molar-refractivity contribution < 1.29 is 9.53 Å². The van der Waals surface area contributed by atoms with Gasteiger partial charge in [-0.3, -0.25) is 4.79 Å². The Kier molecular flexibility index (Phi) is 3.95. The van der Waals surface area contributed by atoms with Crippen LogP contribution < -0.4 is 4.74 Å². The third-order valence-electron chi connectivity index (χ3n) is 2.87. The maximum Gasteiger partial charge on any atom is 0.210 e. The topological polar surface area (TPSA) is 52.1 Å². The van der Waals surface area contributed by atoms with Crippen LogP contribution in [-0.2, 0) is 0 Å². The van der Waals surface area contributed by atoms with Gasteiger partial charge >= 0.3 is 0 Å².